The molecular formula is C29H34ClN2O2PS2. The quantitative estimate of drug-likeness (QED) is 0.242. The van der Waals surface area contributed by atoms with Crippen molar-refractivity contribution in [2.45, 2.75) is 81.7 Å². The molecule has 1 N–H and O–H groups in total. The highest BCUT2D eigenvalue weighted by Gasteiger charge is 2.60. The van der Waals surface area contributed by atoms with E-state index in [4.69, 9.17) is 11.6 Å². The van der Waals surface area contributed by atoms with E-state index in [2.05, 4.69) is 60.4 Å². The first-order valence-corrected chi connectivity index (χ1v) is 18.4. The van der Waals surface area contributed by atoms with Crippen molar-refractivity contribution in [1.82, 2.24) is 4.31 Å². The van der Waals surface area contributed by atoms with Crippen molar-refractivity contribution in [3.63, 3.8) is 0 Å². The van der Waals surface area contributed by atoms with Crippen LogP contribution >= 0.6 is 29.6 Å². The predicted molar refractivity (Wildman–Crippen MR) is 157 cm³/mol. The monoisotopic (exact) mass is 572 g/mol. The van der Waals surface area contributed by atoms with Gasteiger partial charge in [-0.1, -0.05) is 29.3 Å². The molecule has 196 valence electrons. The lowest BCUT2D eigenvalue weighted by Crippen LogP contribution is -2.55. The van der Waals surface area contributed by atoms with Crippen molar-refractivity contribution in [2.24, 2.45) is 5.92 Å². The van der Waals surface area contributed by atoms with E-state index in [1.807, 2.05) is 0 Å². The number of thiophene rings is 1. The molecule has 1 aromatic heterocycles. The van der Waals surface area contributed by atoms with Gasteiger partial charge in [0.25, 0.3) is 0 Å². The van der Waals surface area contributed by atoms with Gasteiger partial charge in [0.1, 0.15) is 4.88 Å². The normalized spacial score (nSPS) is 35.1. The molecule has 0 amide bonds. The molecule has 9 rings (SSSR count). The minimum absolute atomic E-state index is 0.0179. The molecule has 5 aliphatic heterocycles. The molecule has 37 heavy (non-hydrogen) atoms. The van der Waals surface area contributed by atoms with Crippen LogP contribution in [0.25, 0.3) is 5.57 Å². The zero-order chi connectivity index (χ0) is 25.5. The van der Waals surface area contributed by atoms with Gasteiger partial charge in [0.2, 0.25) is 0 Å². The molecule has 3 unspecified atom stereocenters. The second-order valence-corrected chi connectivity index (χ2v) is 21.2. The van der Waals surface area contributed by atoms with Crippen molar-refractivity contribution in [1.29, 1.82) is 0 Å². The van der Waals surface area contributed by atoms with Crippen LogP contribution in [-0.2, 0) is 15.9 Å². The molecular weight excluding hydrogens is 539 g/mol. The van der Waals surface area contributed by atoms with Gasteiger partial charge in [0, 0.05) is 35.4 Å². The van der Waals surface area contributed by atoms with Gasteiger partial charge >= 0.3 is 0 Å². The van der Waals surface area contributed by atoms with Crippen LogP contribution in [0.1, 0.15) is 79.7 Å². The highest BCUT2D eigenvalue weighted by Crippen LogP contribution is 2.62. The lowest BCUT2D eigenvalue weighted by atomic mass is 9.75. The molecule has 1 spiro atoms. The number of halogens is 1. The van der Waals surface area contributed by atoms with Crippen LogP contribution in [0.3, 0.4) is 0 Å². The molecule has 2 saturated carbocycles. The van der Waals surface area contributed by atoms with Crippen LogP contribution < -0.4 is 10.2 Å². The molecule has 6 atom stereocenters. The summed E-state index contributed by atoms with van der Waals surface area (Å²) in [5.41, 5.74) is 5.27. The van der Waals surface area contributed by atoms with Crippen molar-refractivity contribution in [2.75, 3.05) is 18.0 Å². The van der Waals surface area contributed by atoms with Gasteiger partial charge in [0.05, 0.1) is 39.6 Å². The fourth-order valence-corrected chi connectivity index (χ4v) is 18.9. The minimum atomic E-state index is -2.45. The Balaban J connectivity index is 1.50. The number of fused-ring (bicyclic) bond motifs is 3. The number of benzene rings is 1. The molecule has 4 bridgehead atoms. The number of aliphatic hydroxyl groups is 1. The summed E-state index contributed by atoms with van der Waals surface area (Å²) < 4.78 is 18.1. The number of allylic oxidation sites excluding steroid dienone is 1. The van der Waals surface area contributed by atoms with Crippen molar-refractivity contribution in [3.8, 4) is 0 Å². The van der Waals surface area contributed by atoms with E-state index in [1.54, 1.807) is 11.3 Å². The summed E-state index contributed by atoms with van der Waals surface area (Å²) in [5.74, 6) is 1.32. The first-order valence-electron chi connectivity index (χ1n) is 13.7. The topological polar surface area (TPSA) is 43.8 Å². The zero-order valence-electron chi connectivity index (χ0n) is 21.7. The Morgan fingerprint density at radius 2 is 2.14 bits per heavy atom. The number of aliphatic hydroxyl groups excluding tert-OH is 1. The van der Waals surface area contributed by atoms with E-state index in [9.17, 15) is 5.11 Å². The first-order chi connectivity index (χ1) is 17.6. The zero-order valence-corrected chi connectivity index (χ0v) is 25.0. The SMILES string of the molecule is CC(C)(C)S1(=O)=[P+]2[CH-]C=C(c3cc(Cl)cc4c3N(C[C@H]3C[C@@H]43)[C@@H]3CN1C1(CCC1)C3)c1[s+][c-](CO)cc12. The average molecular weight is 573 g/mol. The van der Waals surface area contributed by atoms with E-state index in [0.717, 1.165) is 42.3 Å². The maximum absolute atomic E-state index is 15.9. The molecule has 2 aliphatic carbocycles. The van der Waals surface area contributed by atoms with E-state index < -0.39 is 16.0 Å². The Labute approximate surface area is 230 Å². The van der Waals surface area contributed by atoms with Gasteiger partial charge in [-0.05, 0) is 82.5 Å². The molecule has 2 aromatic rings. The molecule has 4 nitrogen and oxygen atoms in total. The second kappa shape index (κ2) is 7.59. The van der Waals surface area contributed by atoms with Gasteiger partial charge < -0.3 is 10.0 Å². The van der Waals surface area contributed by atoms with Crippen molar-refractivity contribution >= 4 is 55.5 Å². The molecule has 3 fully saturated rings. The van der Waals surface area contributed by atoms with Gasteiger partial charge in [-0.3, -0.25) is 0 Å². The summed E-state index contributed by atoms with van der Waals surface area (Å²) >= 11 is 8.51. The lowest BCUT2D eigenvalue weighted by molar-refractivity contribution is 0.130. The maximum Gasteiger partial charge on any atom is 0.159 e. The number of anilines is 1. The Morgan fingerprint density at radius 1 is 1.32 bits per heavy atom. The highest BCUT2D eigenvalue weighted by molar-refractivity contribution is 8.32. The third-order valence-corrected chi connectivity index (χ3v) is 20.6. The van der Waals surface area contributed by atoms with Gasteiger partial charge in [-0.25, -0.2) is 4.21 Å². The van der Waals surface area contributed by atoms with E-state index >= 15 is 4.21 Å². The fourth-order valence-electron chi connectivity index (χ4n) is 7.86. The summed E-state index contributed by atoms with van der Waals surface area (Å²) in [4.78, 5) is 4.88. The predicted octanol–water partition coefficient (Wildman–Crippen LogP) is 6.46. The summed E-state index contributed by atoms with van der Waals surface area (Å²) in [5, 5.41) is 12.2. The Bertz CT molecular complexity index is 1520. The smallest absolute Gasteiger partial charge is 0.159 e. The van der Waals surface area contributed by atoms with Crippen LogP contribution in [0.5, 0.6) is 0 Å². The summed E-state index contributed by atoms with van der Waals surface area (Å²) in [6.45, 7) is 7.52. The third kappa shape index (κ3) is 3.04. The molecule has 0 radical (unpaired) electrons. The Morgan fingerprint density at radius 3 is 2.84 bits per heavy atom. The molecule has 6 heterocycles. The molecule has 1 aromatic carbocycles. The lowest BCUT2D eigenvalue weighted by Gasteiger charge is -2.48. The molecule has 7 aliphatic rings. The number of nitrogens with zero attached hydrogens (tertiary/aromatic N) is 2. The standard InChI is InChI=1S/C29H34ClN2O2PS2/c1-28(2,3)37(34)32-15-19(13-29(32)6-4-7-29)31-14-17-9-22(17)24-11-18(30)10-23(26(24)31)21-5-8-35(37)25-12-20(16-33)36-27(21)25/h5,8,10-12,17,19,22,33H,4,6-7,9,13-16H2,1-3H3/t17-,19+,22-,37?/m1/s1. The second-order valence-electron chi connectivity index (χ2n) is 12.9. The van der Waals surface area contributed by atoms with Gasteiger partial charge in [-0.15, -0.1) is 0 Å². The van der Waals surface area contributed by atoms with Crippen LogP contribution in [0.2, 0.25) is 5.02 Å². The first kappa shape index (κ1) is 23.8. The maximum atomic E-state index is 15.9. The van der Waals surface area contributed by atoms with Crippen LogP contribution in [0, 0.1) is 12.1 Å². The van der Waals surface area contributed by atoms with Crippen LogP contribution in [0.4, 0.5) is 5.69 Å². The van der Waals surface area contributed by atoms with E-state index in [0.29, 0.717) is 17.9 Å². The largest absolute Gasteiger partial charge is 0.399 e. The summed E-state index contributed by atoms with van der Waals surface area (Å²) in [7, 11) is -2.45. The minimum Gasteiger partial charge on any atom is -0.399 e. The summed E-state index contributed by atoms with van der Waals surface area (Å²) in [6, 6.07) is 6.96. The van der Waals surface area contributed by atoms with Crippen molar-refractivity contribution < 1.29 is 9.32 Å². The molecule has 1 saturated heterocycles. The third-order valence-electron chi connectivity index (χ3n) is 9.82. The number of rotatable bonds is 1. The van der Waals surface area contributed by atoms with Crippen molar-refractivity contribution in [3.05, 3.63) is 56.3 Å². The summed E-state index contributed by atoms with van der Waals surface area (Å²) in [6.07, 6.45) is 10.5. The van der Waals surface area contributed by atoms with Gasteiger partial charge in [-0.2, -0.15) is 16.0 Å². The Kier molecular flexibility index (Phi) is 4.89. The van der Waals surface area contributed by atoms with Crippen LogP contribution in [-0.4, -0.2) is 43.0 Å². The Hall–Kier alpha value is -1.01. The van der Waals surface area contributed by atoms with E-state index in [-0.39, 0.29) is 16.9 Å². The number of hydrogen-bond acceptors (Lipinski definition) is 3. The fraction of sp³-hybridized carbons (Fsp3) is 0.552. The molecule has 8 heteroatoms. The number of hydrogen-bond donors (Lipinski definition) is 1. The van der Waals surface area contributed by atoms with Crippen LogP contribution in [0.15, 0.2) is 24.3 Å². The van der Waals surface area contributed by atoms with E-state index in [1.165, 1.54) is 45.4 Å². The van der Waals surface area contributed by atoms with Gasteiger partial charge in [0.15, 0.2) is 9.30 Å². The highest BCUT2D eigenvalue weighted by atomic mass is 35.5. The average Bonchev–Trinajstić information content (AvgIpc) is 3.30.